The van der Waals surface area contributed by atoms with Gasteiger partial charge < -0.3 is 5.73 Å². The van der Waals surface area contributed by atoms with Crippen molar-refractivity contribution in [3.63, 3.8) is 0 Å². The predicted octanol–water partition coefficient (Wildman–Crippen LogP) is 3.88. The molecule has 2 nitrogen and oxygen atoms in total. The van der Waals surface area contributed by atoms with Crippen molar-refractivity contribution in [2.75, 3.05) is 6.54 Å². The summed E-state index contributed by atoms with van der Waals surface area (Å²) in [5, 5.41) is 1.40. The molecular formula is C15H24N2S. The van der Waals surface area contributed by atoms with Gasteiger partial charge in [-0.1, -0.05) is 25.7 Å². The summed E-state index contributed by atoms with van der Waals surface area (Å²) in [4.78, 5) is 6.40. The number of hydrogen-bond acceptors (Lipinski definition) is 3. The maximum atomic E-state index is 6.04. The van der Waals surface area contributed by atoms with E-state index < -0.39 is 0 Å². The van der Waals surface area contributed by atoms with Crippen molar-refractivity contribution in [1.29, 1.82) is 0 Å². The fraction of sp³-hybridized carbons (Fsp3) is 0.800. The second-order valence-electron chi connectivity index (χ2n) is 6.14. The summed E-state index contributed by atoms with van der Waals surface area (Å²) >= 11 is 1.98. The van der Waals surface area contributed by atoms with E-state index in [0.29, 0.717) is 5.41 Å². The monoisotopic (exact) mass is 264 g/mol. The SMILES string of the molecule is Cc1nc(C2CCCCC2)sc1C1(CN)CCC1. The number of nitrogens with two attached hydrogens (primary N) is 1. The Balaban J connectivity index is 1.85. The van der Waals surface area contributed by atoms with Gasteiger partial charge in [0, 0.05) is 22.8 Å². The number of aryl methyl sites for hydroxylation is 1. The number of rotatable bonds is 3. The first kappa shape index (κ1) is 12.6. The van der Waals surface area contributed by atoms with Crippen LogP contribution in [0, 0.1) is 6.92 Å². The Hall–Kier alpha value is -0.410. The minimum atomic E-state index is 0.300. The van der Waals surface area contributed by atoms with E-state index in [0.717, 1.165) is 12.5 Å². The van der Waals surface area contributed by atoms with Crippen molar-refractivity contribution < 1.29 is 0 Å². The van der Waals surface area contributed by atoms with Crippen molar-refractivity contribution in [2.45, 2.75) is 69.6 Å². The summed E-state index contributed by atoms with van der Waals surface area (Å²) in [5.41, 5.74) is 7.61. The predicted molar refractivity (Wildman–Crippen MR) is 77.3 cm³/mol. The normalized spacial score (nSPS) is 23.9. The van der Waals surface area contributed by atoms with E-state index in [4.69, 9.17) is 10.7 Å². The Bertz CT molecular complexity index is 409. The fourth-order valence-electron chi connectivity index (χ4n) is 3.56. The van der Waals surface area contributed by atoms with Gasteiger partial charge in [-0.05, 0) is 32.6 Å². The van der Waals surface area contributed by atoms with Crippen LogP contribution >= 0.6 is 11.3 Å². The van der Waals surface area contributed by atoms with Crippen molar-refractivity contribution in [3.05, 3.63) is 15.6 Å². The standard InChI is InChI=1S/C15H24N2S/c1-11-13(15(10-16)8-5-9-15)18-14(17-11)12-6-3-2-4-7-12/h12H,2-10,16H2,1H3. The highest BCUT2D eigenvalue weighted by Crippen LogP contribution is 2.48. The van der Waals surface area contributed by atoms with Crippen molar-refractivity contribution >= 4 is 11.3 Å². The molecule has 0 radical (unpaired) electrons. The van der Waals surface area contributed by atoms with Crippen LogP contribution in [-0.4, -0.2) is 11.5 Å². The average molecular weight is 264 g/mol. The topological polar surface area (TPSA) is 38.9 Å². The van der Waals surface area contributed by atoms with Crippen LogP contribution in [0.15, 0.2) is 0 Å². The van der Waals surface area contributed by atoms with Crippen LogP contribution in [0.4, 0.5) is 0 Å². The third-order valence-electron chi connectivity index (χ3n) is 4.95. The lowest BCUT2D eigenvalue weighted by molar-refractivity contribution is 0.257. The number of aromatic nitrogens is 1. The van der Waals surface area contributed by atoms with Gasteiger partial charge in [0.15, 0.2) is 0 Å². The first-order valence-electron chi connectivity index (χ1n) is 7.43. The summed E-state index contributed by atoms with van der Waals surface area (Å²) in [5.74, 6) is 0.742. The molecule has 2 fully saturated rings. The Kier molecular flexibility index (Phi) is 3.46. The maximum Gasteiger partial charge on any atom is 0.0962 e. The van der Waals surface area contributed by atoms with E-state index in [-0.39, 0.29) is 0 Å². The molecule has 3 rings (SSSR count). The lowest BCUT2D eigenvalue weighted by Crippen LogP contribution is -2.41. The molecule has 0 spiro atoms. The van der Waals surface area contributed by atoms with E-state index in [1.54, 1.807) is 0 Å². The van der Waals surface area contributed by atoms with Crippen LogP contribution in [0.3, 0.4) is 0 Å². The quantitative estimate of drug-likeness (QED) is 0.900. The summed E-state index contributed by atoms with van der Waals surface area (Å²) in [6.07, 6.45) is 10.8. The fourth-order valence-corrected chi connectivity index (χ4v) is 5.05. The molecule has 1 aromatic heterocycles. The zero-order valence-electron chi connectivity index (χ0n) is 11.4. The van der Waals surface area contributed by atoms with Gasteiger partial charge in [0.05, 0.1) is 10.7 Å². The Morgan fingerprint density at radius 2 is 1.94 bits per heavy atom. The second-order valence-corrected chi connectivity index (χ2v) is 7.17. The molecule has 0 unspecified atom stereocenters. The molecule has 100 valence electrons. The minimum Gasteiger partial charge on any atom is -0.330 e. The smallest absolute Gasteiger partial charge is 0.0962 e. The second kappa shape index (κ2) is 4.93. The number of hydrogen-bond donors (Lipinski definition) is 1. The van der Waals surface area contributed by atoms with E-state index in [1.165, 1.54) is 66.9 Å². The highest BCUT2D eigenvalue weighted by atomic mass is 32.1. The van der Waals surface area contributed by atoms with Gasteiger partial charge in [0.1, 0.15) is 0 Å². The molecule has 0 aromatic carbocycles. The Morgan fingerprint density at radius 3 is 2.50 bits per heavy atom. The molecular weight excluding hydrogens is 240 g/mol. The molecule has 3 heteroatoms. The largest absolute Gasteiger partial charge is 0.330 e. The van der Waals surface area contributed by atoms with Gasteiger partial charge >= 0.3 is 0 Å². The first-order chi connectivity index (χ1) is 8.75. The van der Waals surface area contributed by atoms with Gasteiger partial charge in [0.25, 0.3) is 0 Å². The molecule has 0 amide bonds. The average Bonchev–Trinajstić information content (AvgIpc) is 2.73. The molecule has 0 saturated heterocycles. The summed E-state index contributed by atoms with van der Waals surface area (Å²) in [6, 6.07) is 0. The number of nitrogens with zero attached hydrogens (tertiary/aromatic N) is 1. The van der Waals surface area contributed by atoms with Gasteiger partial charge in [0.2, 0.25) is 0 Å². The third-order valence-corrected chi connectivity index (χ3v) is 6.52. The van der Waals surface area contributed by atoms with E-state index in [9.17, 15) is 0 Å². The molecule has 1 heterocycles. The summed E-state index contributed by atoms with van der Waals surface area (Å²) in [6.45, 7) is 2.99. The van der Waals surface area contributed by atoms with Gasteiger partial charge in [-0.25, -0.2) is 4.98 Å². The zero-order valence-corrected chi connectivity index (χ0v) is 12.2. The van der Waals surface area contributed by atoms with Gasteiger partial charge in [-0.15, -0.1) is 11.3 Å². The third kappa shape index (κ3) is 2.01. The molecule has 1 aromatic rings. The van der Waals surface area contributed by atoms with Crippen LogP contribution in [0.5, 0.6) is 0 Å². The van der Waals surface area contributed by atoms with Crippen LogP contribution in [0.25, 0.3) is 0 Å². The maximum absolute atomic E-state index is 6.04. The lowest BCUT2D eigenvalue weighted by Gasteiger charge is -2.40. The highest BCUT2D eigenvalue weighted by molar-refractivity contribution is 7.12. The lowest BCUT2D eigenvalue weighted by atomic mass is 9.67. The van der Waals surface area contributed by atoms with Crippen LogP contribution in [-0.2, 0) is 5.41 Å². The molecule has 2 aliphatic carbocycles. The molecule has 0 atom stereocenters. The van der Waals surface area contributed by atoms with E-state index in [1.807, 2.05) is 11.3 Å². The summed E-state index contributed by atoms with van der Waals surface area (Å²) < 4.78 is 0. The van der Waals surface area contributed by atoms with E-state index >= 15 is 0 Å². The van der Waals surface area contributed by atoms with Crippen LogP contribution in [0.2, 0.25) is 0 Å². The van der Waals surface area contributed by atoms with Crippen molar-refractivity contribution in [2.24, 2.45) is 5.73 Å². The number of thiazole rings is 1. The molecule has 2 aliphatic rings. The highest BCUT2D eigenvalue weighted by Gasteiger charge is 2.40. The first-order valence-corrected chi connectivity index (χ1v) is 8.25. The van der Waals surface area contributed by atoms with Crippen LogP contribution < -0.4 is 5.73 Å². The molecule has 2 saturated carbocycles. The van der Waals surface area contributed by atoms with Crippen LogP contribution in [0.1, 0.15) is 72.9 Å². The van der Waals surface area contributed by atoms with Crippen molar-refractivity contribution in [3.8, 4) is 0 Å². The van der Waals surface area contributed by atoms with Gasteiger partial charge in [-0.3, -0.25) is 0 Å². The van der Waals surface area contributed by atoms with Crippen molar-refractivity contribution in [1.82, 2.24) is 4.98 Å². The molecule has 0 bridgehead atoms. The molecule has 18 heavy (non-hydrogen) atoms. The zero-order chi connectivity index (χ0) is 12.6. The summed E-state index contributed by atoms with van der Waals surface area (Å²) in [7, 11) is 0. The van der Waals surface area contributed by atoms with Gasteiger partial charge in [-0.2, -0.15) is 0 Å². The Labute approximate surface area is 114 Å². The minimum absolute atomic E-state index is 0.300. The Morgan fingerprint density at radius 1 is 1.22 bits per heavy atom. The molecule has 2 N–H and O–H groups in total. The molecule has 0 aliphatic heterocycles. The van der Waals surface area contributed by atoms with E-state index in [2.05, 4.69) is 6.92 Å².